The van der Waals surface area contributed by atoms with Crippen molar-refractivity contribution in [3.05, 3.63) is 52.2 Å². The van der Waals surface area contributed by atoms with Crippen molar-refractivity contribution < 1.29 is 0 Å². The molecule has 3 aromatic rings. The Balaban J connectivity index is 2.09. The Morgan fingerprint density at radius 1 is 1.22 bits per heavy atom. The van der Waals surface area contributed by atoms with Gasteiger partial charge in [-0.1, -0.05) is 6.07 Å². The maximum Gasteiger partial charge on any atom is 0.323 e. The Kier molecular flexibility index (Phi) is 2.49. The first kappa shape index (κ1) is 10.8. The molecule has 2 aromatic heterocycles. The summed E-state index contributed by atoms with van der Waals surface area (Å²) in [5, 5.41) is 10.1. The van der Waals surface area contributed by atoms with Crippen molar-refractivity contribution in [2.75, 3.05) is 7.05 Å². The molecule has 0 aliphatic heterocycles. The Hall–Kier alpha value is -2.34. The average Bonchev–Trinajstić information content (AvgIpc) is 2.97. The van der Waals surface area contributed by atoms with Crippen LogP contribution in [0.3, 0.4) is 0 Å². The molecule has 6 heteroatoms. The van der Waals surface area contributed by atoms with Crippen LogP contribution in [0.2, 0.25) is 0 Å². The Morgan fingerprint density at radius 3 is 2.78 bits per heavy atom. The highest BCUT2D eigenvalue weighted by molar-refractivity contribution is 5.75. The lowest BCUT2D eigenvalue weighted by atomic mass is 10.0. The number of nitrogens with zero attached hydrogens (tertiary/aromatic N) is 1. The maximum atomic E-state index is 11.2. The van der Waals surface area contributed by atoms with Gasteiger partial charge in [-0.25, -0.2) is 4.79 Å². The van der Waals surface area contributed by atoms with Crippen LogP contribution in [-0.4, -0.2) is 27.2 Å². The van der Waals surface area contributed by atoms with Crippen molar-refractivity contribution in [3.63, 3.8) is 0 Å². The van der Waals surface area contributed by atoms with E-state index in [0.717, 1.165) is 22.3 Å². The summed E-state index contributed by atoms with van der Waals surface area (Å²) >= 11 is 0. The van der Waals surface area contributed by atoms with Crippen molar-refractivity contribution in [1.29, 1.82) is 0 Å². The summed E-state index contributed by atoms with van der Waals surface area (Å²) in [6.07, 6.45) is 1.72. The van der Waals surface area contributed by atoms with Crippen molar-refractivity contribution in [2.45, 2.75) is 6.04 Å². The molecule has 1 unspecified atom stereocenters. The van der Waals surface area contributed by atoms with Gasteiger partial charge in [0.1, 0.15) is 0 Å². The molecule has 0 radical (unpaired) electrons. The lowest BCUT2D eigenvalue weighted by Gasteiger charge is -2.14. The van der Waals surface area contributed by atoms with E-state index < -0.39 is 0 Å². The molecule has 0 bridgehead atoms. The van der Waals surface area contributed by atoms with Gasteiger partial charge < -0.3 is 15.3 Å². The molecular formula is C12H13N5O. The van der Waals surface area contributed by atoms with Crippen molar-refractivity contribution in [3.8, 4) is 0 Å². The van der Waals surface area contributed by atoms with E-state index in [-0.39, 0.29) is 11.7 Å². The van der Waals surface area contributed by atoms with Crippen LogP contribution < -0.4 is 11.0 Å². The molecule has 2 heterocycles. The van der Waals surface area contributed by atoms with E-state index in [2.05, 4.69) is 25.5 Å². The molecule has 0 saturated heterocycles. The van der Waals surface area contributed by atoms with Gasteiger partial charge in [0.2, 0.25) is 0 Å². The molecule has 0 amide bonds. The number of nitrogens with one attached hydrogen (secondary N) is 4. The average molecular weight is 243 g/mol. The predicted molar refractivity (Wildman–Crippen MR) is 68.4 cm³/mol. The van der Waals surface area contributed by atoms with Crippen molar-refractivity contribution in [1.82, 2.24) is 25.5 Å². The predicted octanol–water partition coefficient (Wildman–Crippen LogP) is 0.888. The maximum absolute atomic E-state index is 11.2. The number of hydrogen-bond donors (Lipinski definition) is 4. The van der Waals surface area contributed by atoms with Gasteiger partial charge >= 0.3 is 5.69 Å². The minimum Gasteiger partial charge on any atom is -0.308 e. The van der Waals surface area contributed by atoms with Gasteiger partial charge in [0.05, 0.1) is 22.8 Å². The van der Waals surface area contributed by atoms with Crippen LogP contribution in [0.5, 0.6) is 0 Å². The number of imidazole rings is 1. The third kappa shape index (κ3) is 1.72. The first-order valence-corrected chi connectivity index (χ1v) is 5.66. The van der Waals surface area contributed by atoms with Crippen LogP contribution in [0.4, 0.5) is 0 Å². The van der Waals surface area contributed by atoms with Crippen molar-refractivity contribution in [2.24, 2.45) is 0 Å². The Bertz CT molecular complexity index is 709. The van der Waals surface area contributed by atoms with Gasteiger partial charge in [-0.3, -0.25) is 5.10 Å². The normalized spacial score (nSPS) is 12.9. The second-order valence-corrected chi connectivity index (χ2v) is 4.12. The molecule has 18 heavy (non-hydrogen) atoms. The monoisotopic (exact) mass is 243 g/mol. The summed E-state index contributed by atoms with van der Waals surface area (Å²) in [6, 6.07) is 7.77. The minimum atomic E-state index is -0.190. The molecule has 0 spiro atoms. The number of aromatic nitrogens is 4. The highest BCUT2D eigenvalue weighted by atomic mass is 16.1. The van der Waals surface area contributed by atoms with E-state index in [9.17, 15) is 4.79 Å². The van der Waals surface area contributed by atoms with Gasteiger partial charge in [0.15, 0.2) is 0 Å². The molecule has 4 N–H and O–H groups in total. The van der Waals surface area contributed by atoms with E-state index in [1.165, 1.54) is 0 Å². The number of fused-ring (bicyclic) bond motifs is 1. The fourth-order valence-corrected chi connectivity index (χ4v) is 2.16. The summed E-state index contributed by atoms with van der Waals surface area (Å²) < 4.78 is 0. The van der Waals surface area contributed by atoms with Gasteiger partial charge in [0, 0.05) is 6.20 Å². The molecule has 1 atom stereocenters. The number of H-pyrrole nitrogens is 3. The van der Waals surface area contributed by atoms with Crippen LogP contribution in [0, 0.1) is 0 Å². The van der Waals surface area contributed by atoms with Crippen molar-refractivity contribution >= 4 is 11.0 Å². The lowest BCUT2D eigenvalue weighted by molar-refractivity contribution is 0.668. The second kappa shape index (κ2) is 4.15. The zero-order valence-electron chi connectivity index (χ0n) is 9.82. The summed E-state index contributed by atoms with van der Waals surface area (Å²) in [6.45, 7) is 0. The number of aromatic amines is 3. The largest absolute Gasteiger partial charge is 0.323 e. The van der Waals surface area contributed by atoms with Crippen LogP contribution in [0.15, 0.2) is 35.3 Å². The topological polar surface area (TPSA) is 89.4 Å². The summed E-state index contributed by atoms with van der Waals surface area (Å²) in [4.78, 5) is 16.7. The molecule has 0 saturated carbocycles. The highest BCUT2D eigenvalue weighted by Crippen LogP contribution is 2.22. The highest BCUT2D eigenvalue weighted by Gasteiger charge is 2.13. The fraction of sp³-hybridized carbons (Fsp3) is 0.167. The standard InChI is InChI=1S/C12H13N5O/c1-13-11(9-4-5-14-17-9)7-2-3-8-10(6-7)16-12(18)15-8/h2-6,11,13H,1H3,(H,14,17)(H2,15,16,18). The minimum absolute atomic E-state index is 0.0234. The zero-order chi connectivity index (χ0) is 12.5. The van der Waals surface area contributed by atoms with Gasteiger partial charge in [0.25, 0.3) is 0 Å². The molecule has 0 aliphatic rings. The number of benzene rings is 1. The molecule has 0 aliphatic carbocycles. The molecule has 0 fully saturated rings. The zero-order valence-corrected chi connectivity index (χ0v) is 9.82. The Labute approximate surface area is 102 Å². The van der Waals surface area contributed by atoms with Crippen LogP contribution in [-0.2, 0) is 0 Å². The summed E-state index contributed by atoms with van der Waals surface area (Å²) in [5.74, 6) is 0. The SMILES string of the molecule is CNC(c1ccc2[nH]c(=O)[nH]c2c1)c1ccn[nH]1. The molecule has 92 valence electrons. The van der Waals surface area contributed by atoms with Gasteiger partial charge in [-0.2, -0.15) is 5.10 Å². The van der Waals surface area contributed by atoms with Gasteiger partial charge in [-0.15, -0.1) is 0 Å². The lowest BCUT2D eigenvalue weighted by Crippen LogP contribution is -2.18. The summed E-state index contributed by atoms with van der Waals surface area (Å²) in [5.41, 5.74) is 3.46. The van der Waals surface area contributed by atoms with Crippen LogP contribution in [0.25, 0.3) is 11.0 Å². The molecule has 1 aromatic carbocycles. The Morgan fingerprint density at radius 2 is 2.06 bits per heavy atom. The third-order valence-electron chi connectivity index (χ3n) is 3.00. The van der Waals surface area contributed by atoms with E-state index in [1.54, 1.807) is 6.20 Å². The van der Waals surface area contributed by atoms with Gasteiger partial charge in [-0.05, 0) is 30.8 Å². The molecule has 3 rings (SSSR count). The van der Waals surface area contributed by atoms with E-state index in [4.69, 9.17) is 0 Å². The van der Waals surface area contributed by atoms with Crippen LogP contribution in [0.1, 0.15) is 17.3 Å². The first-order valence-electron chi connectivity index (χ1n) is 5.66. The van der Waals surface area contributed by atoms with Crippen LogP contribution >= 0.6 is 0 Å². The fourth-order valence-electron chi connectivity index (χ4n) is 2.16. The number of rotatable bonds is 3. The van der Waals surface area contributed by atoms with E-state index in [0.29, 0.717) is 0 Å². The molecule has 6 nitrogen and oxygen atoms in total. The third-order valence-corrected chi connectivity index (χ3v) is 3.00. The molecular weight excluding hydrogens is 230 g/mol. The smallest absolute Gasteiger partial charge is 0.308 e. The summed E-state index contributed by atoms with van der Waals surface area (Å²) in [7, 11) is 1.88. The second-order valence-electron chi connectivity index (χ2n) is 4.12. The quantitative estimate of drug-likeness (QED) is 0.550. The van der Waals surface area contributed by atoms with E-state index in [1.807, 2.05) is 31.3 Å². The first-order chi connectivity index (χ1) is 8.78. The number of hydrogen-bond acceptors (Lipinski definition) is 3. The van der Waals surface area contributed by atoms with E-state index >= 15 is 0 Å².